The lowest BCUT2D eigenvalue weighted by Crippen LogP contribution is -2.50. The van der Waals surface area contributed by atoms with E-state index in [0.29, 0.717) is 0 Å². The Kier molecular flexibility index (Phi) is 3.89. The van der Waals surface area contributed by atoms with Gasteiger partial charge in [0.25, 0.3) is 0 Å². The van der Waals surface area contributed by atoms with Crippen LogP contribution in [0.4, 0.5) is 0 Å². The third-order valence-corrected chi connectivity index (χ3v) is 3.91. The second-order valence-corrected chi connectivity index (χ2v) is 5.70. The summed E-state index contributed by atoms with van der Waals surface area (Å²) in [5, 5.41) is 8.25. The molecule has 1 heterocycles. The van der Waals surface area contributed by atoms with Gasteiger partial charge in [0, 0.05) is 0 Å². The van der Waals surface area contributed by atoms with Gasteiger partial charge >= 0.3 is 0 Å². The van der Waals surface area contributed by atoms with Gasteiger partial charge in [-0.2, -0.15) is 0 Å². The molecule has 0 saturated heterocycles. The standard InChI is InChI=1S/C14H24N2O2/c1-9(2)10(3)11(4)15-18-14(8)12(5)16-17-13(14,6)7/h1-8H3/b15-11-. The first-order chi connectivity index (χ1) is 8.12. The van der Waals surface area contributed by atoms with Crippen molar-refractivity contribution in [3.8, 4) is 0 Å². The molecule has 1 unspecified atom stereocenters. The summed E-state index contributed by atoms with van der Waals surface area (Å²) in [7, 11) is 0. The molecule has 18 heavy (non-hydrogen) atoms. The Labute approximate surface area is 110 Å². The zero-order valence-electron chi connectivity index (χ0n) is 12.7. The van der Waals surface area contributed by atoms with E-state index in [1.165, 1.54) is 5.57 Å². The summed E-state index contributed by atoms with van der Waals surface area (Å²) in [4.78, 5) is 11.1. The molecule has 0 aromatic heterocycles. The van der Waals surface area contributed by atoms with E-state index in [0.717, 1.165) is 17.0 Å². The predicted molar refractivity (Wildman–Crippen MR) is 74.9 cm³/mol. The van der Waals surface area contributed by atoms with Crippen molar-refractivity contribution in [2.45, 2.75) is 66.6 Å². The minimum absolute atomic E-state index is 0.514. The average Bonchev–Trinajstić information content (AvgIpc) is 2.49. The zero-order chi connectivity index (χ0) is 14.1. The first kappa shape index (κ1) is 14.7. The lowest BCUT2D eigenvalue weighted by Gasteiger charge is -2.32. The smallest absolute Gasteiger partial charge is 0.216 e. The minimum Gasteiger partial charge on any atom is -0.385 e. The summed E-state index contributed by atoms with van der Waals surface area (Å²) >= 11 is 0. The highest BCUT2D eigenvalue weighted by Crippen LogP contribution is 2.36. The molecule has 4 nitrogen and oxygen atoms in total. The van der Waals surface area contributed by atoms with E-state index in [2.05, 4.69) is 24.2 Å². The molecule has 1 rings (SSSR count). The number of hydrogen-bond donors (Lipinski definition) is 0. The molecule has 0 amide bonds. The van der Waals surface area contributed by atoms with Crippen LogP contribution in [0.2, 0.25) is 0 Å². The number of hydrogen-bond acceptors (Lipinski definition) is 4. The molecule has 0 aliphatic carbocycles. The van der Waals surface area contributed by atoms with Gasteiger partial charge in [0.15, 0.2) is 5.60 Å². The van der Waals surface area contributed by atoms with Crippen molar-refractivity contribution in [1.29, 1.82) is 0 Å². The van der Waals surface area contributed by atoms with Crippen LogP contribution in [-0.2, 0) is 9.68 Å². The predicted octanol–water partition coefficient (Wildman–Crippen LogP) is 3.68. The molecule has 1 atom stereocenters. The van der Waals surface area contributed by atoms with Gasteiger partial charge < -0.3 is 9.68 Å². The Morgan fingerprint density at radius 3 is 2.11 bits per heavy atom. The summed E-state index contributed by atoms with van der Waals surface area (Å²) in [6, 6.07) is 0. The Morgan fingerprint density at radius 2 is 1.72 bits per heavy atom. The van der Waals surface area contributed by atoms with E-state index in [1.54, 1.807) is 0 Å². The maximum Gasteiger partial charge on any atom is 0.216 e. The molecule has 1 aliphatic heterocycles. The minimum atomic E-state index is -0.629. The summed E-state index contributed by atoms with van der Waals surface area (Å²) in [5.41, 5.74) is 2.92. The highest BCUT2D eigenvalue weighted by Gasteiger charge is 2.54. The van der Waals surface area contributed by atoms with Crippen LogP contribution < -0.4 is 0 Å². The van der Waals surface area contributed by atoms with Crippen molar-refractivity contribution in [1.82, 2.24) is 0 Å². The molecule has 0 spiro atoms. The van der Waals surface area contributed by atoms with Gasteiger partial charge in [0.2, 0.25) is 5.60 Å². The van der Waals surface area contributed by atoms with Crippen LogP contribution in [0.15, 0.2) is 21.5 Å². The maximum absolute atomic E-state index is 5.75. The van der Waals surface area contributed by atoms with Crippen molar-refractivity contribution >= 4 is 11.4 Å². The Balaban J connectivity index is 2.95. The van der Waals surface area contributed by atoms with E-state index >= 15 is 0 Å². The van der Waals surface area contributed by atoms with Crippen LogP contribution in [0.3, 0.4) is 0 Å². The summed E-state index contributed by atoms with van der Waals surface area (Å²) < 4.78 is 0. The van der Waals surface area contributed by atoms with Gasteiger partial charge in [-0.05, 0) is 61.0 Å². The Bertz CT molecular complexity index is 429. The van der Waals surface area contributed by atoms with Crippen molar-refractivity contribution in [3.63, 3.8) is 0 Å². The number of nitrogens with zero attached hydrogens (tertiary/aromatic N) is 2. The highest BCUT2D eigenvalue weighted by molar-refractivity contribution is 5.98. The molecular formula is C14H24N2O2. The molecule has 0 saturated carbocycles. The van der Waals surface area contributed by atoms with Crippen molar-refractivity contribution < 1.29 is 9.68 Å². The first-order valence-corrected chi connectivity index (χ1v) is 6.22. The topological polar surface area (TPSA) is 43.2 Å². The summed E-state index contributed by atoms with van der Waals surface area (Å²) in [6.07, 6.45) is 0. The van der Waals surface area contributed by atoms with Crippen molar-refractivity contribution in [2.24, 2.45) is 10.3 Å². The second kappa shape index (κ2) is 4.75. The lowest BCUT2D eigenvalue weighted by atomic mass is 9.85. The van der Waals surface area contributed by atoms with E-state index in [4.69, 9.17) is 9.68 Å². The van der Waals surface area contributed by atoms with Crippen molar-refractivity contribution in [2.75, 3.05) is 0 Å². The lowest BCUT2D eigenvalue weighted by molar-refractivity contribution is -0.125. The second-order valence-electron chi connectivity index (χ2n) is 5.70. The average molecular weight is 252 g/mol. The largest absolute Gasteiger partial charge is 0.385 e. The third kappa shape index (κ3) is 2.42. The van der Waals surface area contributed by atoms with Crippen LogP contribution in [-0.4, -0.2) is 22.6 Å². The molecule has 0 bridgehead atoms. The zero-order valence-corrected chi connectivity index (χ0v) is 12.7. The van der Waals surface area contributed by atoms with Gasteiger partial charge in [-0.1, -0.05) is 15.9 Å². The summed E-state index contributed by atoms with van der Waals surface area (Å²) in [6.45, 7) is 15.9. The molecule has 102 valence electrons. The SMILES string of the molecule is CC1=NOC(C)(C)C1(C)O/N=C(/C)C(C)=C(C)C. The van der Waals surface area contributed by atoms with Crippen LogP contribution in [0, 0.1) is 0 Å². The van der Waals surface area contributed by atoms with Gasteiger partial charge in [-0.3, -0.25) is 0 Å². The van der Waals surface area contributed by atoms with Crippen LogP contribution in [0.25, 0.3) is 0 Å². The first-order valence-electron chi connectivity index (χ1n) is 6.22. The number of rotatable bonds is 3. The molecular weight excluding hydrogens is 228 g/mol. The molecule has 0 aromatic rings. The number of oxime groups is 2. The fraction of sp³-hybridized carbons (Fsp3) is 0.714. The fourth-order valence-corrected chi connectivity index (χ4v) is 1.56. The monoisotopic (exact) mass is 252 g/mol. The highest BCUT2D eigenvalue weighted by atomic mass is 16.7. The van der Waals surface area contributed by atoms with Crippen molar-refractivity contribution in [3.05, 3.63) is 11.1 Å². The van der Waals surface area contributed by atoms with Crippen LogP contribution in [0.5, 0.6) is 0 Å². The molecule has 4 heteroatoms. The summed E-state index contributed by atoms with van der Waals surface area (Å²) in [5.74, 6) is 0. The molecule has 0 N–H and O–H groups in total. The van der Waals surface area contributed by atoms with E-state index in [1.807, 2.05) is 41.5 Å². The Morgan fingerprint density at radius 1 is 1.17 bits per heavy atom. The molecule has 0 fully saturated rings. The molecule has 1 aliphatic rings. The van der Waals surface area contributed by atoms with Gasteiger partial charge in [0.05, 0.1) is 5.71 Å². The van der Waals surface area contributed by atoms with Gasteiger partial charge in [-0.15, -0.1) is 0 Å². The number of allylic oxidation sites excluding steroid dienone is 2. The van der Waals surface area contributed by atoms with E-state index in [9.17, 15) is 0 Å². The molecule has 0 radical (unpaired) electrons. The normalized spacial score (nSPS) is 26.4. The van der Waals surface area contributed by atoms with Gasteiger partial charge in [-0.25, -0.2) is 0 Å². The maximum atomic E-state index is 5.75. The van der Waals surface area contributed by atoms with Crippen LogP contribution in [0.1, 0.15) is 55.4 Å². The quantitative estimate of drug-likeness (QED) is 0.568. The fourth-order valence-electron chi connectivity index (χ4n) is 1.56. The molecule has 0 aromatic carbocycles. The van der Waals surface area contributed by atoms with Crippen LogP contribution >= 0.6 is 0 Å². The van der Waals surface area contributed by atoms with E-state index < -0.39 is 11.2 Å². The Hall–Kier alpha value is -1.32. The van der Waals surface area contributed by atoms with E-state index in [-0.39, 0.29) is 0 Å². The van der Waals surface area contributed by atoms with Gasteiger partial charge in [0.1, 0.15) is 5.71 Å². The third-order valence-electron chi connectivity index (χ3n) is 3.91.